The molecule has 1 N–H and O–H groups in total. The molecule has 0 unspecified atom stereocenters. The molecular formula is C25H31NO2. The maximum atomic E-state index is 5.28. The van der Waals surface area contributed by atoms with Gasteiger partial charge in [-0.2, -0.15) is 0 Å². The lowest BCUT2D eigenvalue weighted by molar-refractivity contribution is 0.415. The van der Waals surface area contributed by atoms with E-state index < -0.39 is 0 Å². The molecule has 0 amide bonds. The third-order valence-electron chi connectivity index (χ3n) is 4.32. The summed E-state index contributed by atoms with van der Waals surface area (Å²) in [6, 6.07) is 26.6. The lowest BCUT2D eigenvalue weighted by atomic mass is 10.1. The second-order valence-electron chi connectivity index (χ2n) is 5.83. The van der Waals surface area contributed by atoms with Crippen LogP contribution in [0, 0.1) is 0 Å². The van der Waals surface area contributed by atoms with Gasteiger partial charge in [0.15, 0.2) is 0 Å². The number of ether oxygens (including phenoxy) is 2. The maximum absolute atomic E-state index is 5.28. The predicted molar refractivity (Wildman–Crippen MR) is 124 cm³/mol. The Labute approximate surface area is 168 Å². The molecule has 148 valence electrons. The van der Waals surface area contributed by atoms with Gasteiger partial charge in [0.1, 0.15) is 11.5 Å². The average Bonchev–Trinajstić information content (AvgIpc) is 2.72. The Bertz CT molecular complexity index is 1010. The van der Waals surface area contributed by atoms with Crippen molar-refractivity contribution < 1.29 is 9.47 Å². The number of nitrogens with one attached hydrogen (secondary N) is 1. The summed E-state index contributed by atoms with van der Waals surface area (Å²) in [6.45, 7) is 0. The number of hydrogen-bond acceptors (Lipinski definition) is 3. The van der Waals surface area contributed by atoms with E-state index in [4.69, 9.17) is 9.47 Å². The highest BCUT2D eigenvalue weighted by Crippen LogP contribution is 2.32. The molecule has 28 heavy (non-hydrogen) atoms. The van der Waals surface area contributed by atoms with Crippen molar-refractivity contribution in [3.05, 3.63) is 78.9 Å². The van der Waals surface area contributed by atoms with Gasteiger partial charge in [0, 0.05) is 12.4 Å². The molecule has 0 radical (unpaired) electrons. The van der Waals surface area contributed by atoms with Crippen LogP contribution in [0.4, 0.5) is 5.69 Å². The molecule has 0 heterocycles. The Morgan fingerprint density at radius 1 is 0.643 bits per heavy atom. The Morgan fingerprint density at radius 3 is 1.89 bits per heavy atom. The van der Waals surface area contributed by atoms with Gasteiger partial charge in [-0.3, -0.25) is 0 Å². The first-order valence-electron chi connectivity index (χ1n) is 8.53. The summed E-state index contributed by atoms with van der Waals surface area (Å²) in [5, 5.41) is 8.04. The van der Waals surface area contributed by atoms with Crippen LogP contribution in [0.5, 0.6) is 11.5 Å². The highest BCUT2D eigenvalue weighted by molar-refractivity contribution is 5.96. The molecule has 0 aliphatic heterocycles. The molecule has 0 bridgehead atoms. The van der Waals surface area contributed by atoms with E-state index in [2.05, 4.69) is 41.7 Å². The van der Waals surface area contributed by atoms with Gasteiger partial charge in [0.25, 0.3) is 0 Å². The van der Waals surface area contributed by atoms with Crippen molar-refractivity contribution in [1.82, 2.24) is 0 Å². The van der Waals surface area contributed by atoms with Crippen LogP contribution >= 0.6 is 0 Å². The van der Waals surface area contributed by atoms with E-state index in [1.165, 1.54) is 21.5 Å². The fourth-order valence-corrected chi connectivity index (χ4v) is 2.97. The van der Waals surface area contributed by atoms with E-state index in [0.29, 0.717) is 0 Å². The number of rotatable bonds is 3. The summed E-state index contributed by atoms with van der Waals surface area (Å²) in [4.78, 5) is 0. The number of fused-ring (bicyclic) bond motifs is 2. The largest absolute Gasteiger partial charge is 0.497 e. The molecule has 3 nitrogen and oxygen atoms in total. The van der Waals surface area contributed by atoms with Gasteiger partial charge in [0.05, 0.1) is 19.9 Å². The number of hydrogen-bond donors (Lipinski definition) is 1. The first kappa shape index (κ1) is 22.8. The zero-order chi connectivity index (χ0) is 18.4. The van der Waals surface area contributed by atoms with E-state index >= 15 is 0 Å². The molecule has 0 fully saturated rings. The van der Waals surface area contributed by atoms with Gasteiger partial charge in [-0.1, -0.05) is 75.5 Å². The van der Waals surface area contributed by atoms with Crippen LogP contribution in [0.3, 0.4) is 0 Å². The molecule has 4 rings (SSSR count). The summed E-state index contributed by atoms with van der Waals surface area (Å²) in [5.74, 6) is 1.79. The highest BCUT2D eigenvalue weighted by atomic mass is 16.5. The van der Waals surface area contributed by atoms with Crippen molar-refractivity contribution in [3.63, 3.8) is 0 Å². The summed E-state index contributed by atoms with van der Waals surface area (Å²) >= 11 is 0. The van der Waals surface area contributed by atoms with Crippen LogP contribution in [0.25, 0.3) is 21.5 Å². The van der Waals surface area contributed by atoms with E-state index in [0.717, 1.165) is 17.2 Å². The SMILES string of the molecule is C.C.CNc1c(OC)ccc2ccccc12.COc1ccc2ccccc2c1. The maximum Gasteiger partial charge on any atom is 0.142 e. The standard InChI is InChI=1S/C12H13NO.C11H10O.2CH4/c1-13-12-10-6-4-3-5-9(10)7-8-11(12)14-2;1-12-11-7-6-9-4-2-3-5-10(9)8-11;;/h3-8,13H,1-2H3;2-8H,1H3;2*1H4. The molecular weight excluding hydrogens is 346 g/mol. The van der Waals surface area contributed by atoms with Crippen molar-refractivity contribution in [2.75, 3.05) is 26.6 Å². The van der Waals surface area contributed by atoms with Crippen LogP contribution < -0.4 is 14.8 Å². The van der Waals surface area contributed by atoms with E-state index in [9.17, 15) is 0 Å². The molecule has 0 saturated heterocycles. The lowest BCUT2D eigenvalue weighted by Crippen LogP contribution is -1.94. The van der Waals surface area contributed by atoms with E-state index in [-0.39, 0.29) is 14.9 Å². The Hall–Kier alpha value is -3.20. The van der Waals surface area contributed by atoms with Crippen molar-refractivity contribution in [3.8, 4) is 11.5 Å². The summed E-state index contributed by atoms with van der Waals surface area (Å²) in [7, 11) is 5.28. The molecule has 0 atom stereocenters. The summed E-state index contributed by atoms with van der Waals surface area (Å²) in [6.07, 6.45) is 0. The van der Waals surface area contributed by atoms with Gasteiger partial charge in [-0.15, -0.1) is 0 Å². The normalized spacial score (nSPS) is 9.39. The smallest absolute Gasteiger partial charge is 0.142 e. The minimum absolute atomic E-state index is 0. The second kappa shape index (κ2) is 10.8. The van der Waals surface area contributed by atoms with Gasteiger partial charge >= 0.3 is 0 Å². The topological polar surface area (TPSA) is 30.5 Å². The number of benzene rings is 4. The average molecular weight is 378 g/mol. The Morgan fingerprint density at radius 2 is 1.25 bits per heavy atom. The lowest BCUT2D eigenvalue weighted by Gasteiger charge is -2.10. The zero-order valence-electron chi connectivity index (χ0n) is 15.3. The third-order valence-corrected chi connectivity index (χ3v) is 4.32. The molecule has 3 heteroatoms. The van der Waals surface area contributed by atoms with Crippen LogP contribution in [0.2, 0.25) is 0 Å². The van der Waals surface area contributed by atoms with E-state index in [1.54, 1.807) is 14.2 Å². The zero-order valence-corrected chi connectivity index (χ0v) is 15.3. The van der Waals surface area contributed by atoms with Crippen LogP contribution in [-0.4, -0.2) is 21.3 Å². The Balaban J connectivity index is 0.000000264. The predicted octanol–water partition coefficient (Wildman–Crippen LogP) is 7.01. The number of methoxy groups -OCH3 is 2. The summed E-state index contributed by atoms with van der Waals surface area (Å²) < 4.78 is 10.4. The molecule has 0 aliphatic rings. The first-order valence-corrected chi connectivity index (χ1v) is 8.53. The van der Waals surface area contributed by atoms with Crippen molar-refractivity contribution in [2.24, 2.45) is 0 Å². The quantitative estimate of drug-likeness (QED) is 0.416. The van der Waals surface area contributed by atoms with Crippen LogP contribution in [0.1, 0.15) is 14.9 Å². The van der Waals surface area contributed by atoms with Crippen LogP contribution in [0.15, 0.2) is 78.9 Å². The van der Waals surface area contributed by atoms with Crippen LogP contribution in [-0.2, 0) is 0 Å². The minimum atomic E-state index is 0. The van der Waals surface area contributed by atoms with Gasteiger partial charge in [0.2, 0.25) is 0 Å². The molecule has 4 aromatic rings. The van der Waals surface area contributed by atoms with Gasteiger partial charge in [-0.25, -0.2) is 0 Å². The molecule has 4 aromatic carbocycles. The van der Waals surface area contributed by atoms with Crippen molar-refractivity contribution >= 4 is 27.2 Å². The van der Waals surface area contributed by atoms with E-state index in [1.807, 2.05) is 49.5 Å². The summed E-state index contributed by atoms with van der Waals surface area (Å²) in [5.41, 5.74) is 1.05. The monoisotopic (exact) mass is 377 g/mol. The number of anilines is 1. The molecule has 0 aliphatic carbocycles. The van der Waals surface area contributed by atoms with Crippen molar-refractivity contribution in [1.29, 1.82) is 0 Å². The fourth-order valence-electron chi connectivity index (χ4n) is 2.97. The highest BCUT2D eigenvalue weighted by Gasteiger charge is 2.04. The molecule has 0 aromatic heterocycles. The molecule has 0 saturated carbocycles. The molecule has 0 spiro atoms. The minimum Gasteiger partial charge on any atom is -0.497 e. The fraction of sp³-hybridized carbons (Fsp3) is 0.200. The van der Waals surface area contributed by atoms with Gasteiger partial charge < -0.3 is 14.8 Å². The van der Waals surface area contributed by atoms with Gasteiger partial charge in [-0.05, 0) is 34.4 Å². The third kappa shape index (κ3) is 4.95. The second-order valence-corrected chi connectivity index (χ2v) is 5.83. The van der Waals surface area contributed by atoms with Crippen molar-refractivity contribution in [2.45, 2.75) is 14.9 Å². The Kier molecular flexibility index (Phi) is 8.83. The first-order chi connectivity index (χ1) is 12.8.